The third-order valence-electron chi connectivity index (χ3n) is 3.96. The maximum absolute atomic E-state index is 13.0. The van der Waals surface area contributed by atoms with Crippen LogP contribution in [0.3, 0.4) is 0 Å². The summed E-state index contributed by atoms with van der Waals surface area (Å²) in [6.07, 6.45) is 4.69. The molecule has 0 radical (unpaired) electrons. The zero-order chi connectivity index (χ0) is 17.5. The number of carbonyl (C=O) groups excluding carboxylic acids is 2. The molecule has 1 aromatic carbocycles. The van der Waals surface area contributed by atoms with E-state index in [-0.39, 0.29) is 18.5 Å². The van der Waals surface area contributed by atoms with E-state index in [0.717, 1.165) is 25.7 Å². The standard InChI is InChI=1S/C17H22BrFN2O3/c1-11(24-15-8-7-12(19)9-14(15)18)17(23)20-10-16(22)21-13-5-3-2-4-6-13/h7-9,11,13H,2-6,10H2,1H3,(H,20,23)(H,21,22). The summed E-state index contributed by atoms with van der Waals surface area (Å²) in [6.45, 7) is 1.50. The molecule has 0 heterocycles. The van der Waals surface area contributed by atoms with Crippen molar-refractivity contribution in [1.29, 1.82) is 0 Å². The van der Waals surface area contributed by atoms with Crippen LogP contribution in [0.25, 0.3) is 0 Å². The van der Waals surface area contributed by atoms with Gasteiger partial charge in [0.15, 0.2) is 6.10 Å². The SMILES string of the molecule is CC(Oc1ccc(F)cc1Br)C(=O)NCC(=O)NC1CCCCC1. The molecule has 1 fully saturated rings. The Morgan fingerprint density at radius 3 is 2.71 bits per heavy atom. The number of ether oxygens (including phenoxy) is 1. The number of nitrogens with one attached hydrogen (secondary N) is 2. The van der Waals surface area contributed by atoms with Crippen molar-refractivity contribution in [3.8, 4) is 5.75 Å². The quantitative estimate of drug-likeness (QED) is 0.771. The van der Waals surface area contributed by atoms with Crippen LogP contribution in [0.4, 0.5) is 4.39 Å². The number of halogens is 2. The Hall–Kier alpha value is -1.63. The molecular weight excluding hydrogens is 379 g/mol. The molecule has 5 nitrogen and oxygen atoms in total. The fourth-order valence-electron chi connectivity index (χ4n) is 2.65. The highest BCUT2D eigenvalue weighted by Crippen LogP contribution is 2.26. The van der Waals surface area contributed by atoms with Crippen LogP contribution in [-0.2, 0) is 9.59 Å². The van der Waals surface area contributed by atoms with Gasteiger partial charge in [-0.1, -0.05) is 19.3 Å². The number of benzene rings is 1. The van der Waals surface area contributed by atoms with Crippen molar-refractivity contribution >= 4 is 27.7 Å². The van der Waals surface area contributed by atoms with Crippen molar-refractivity contribution in [1.82, 2.24) is 10.6 Å². The van der Waals surface area contributed by atoms with Gasteiger partial charge in [0.1, 0.15) is 11.6 Å². The Balaban J connectivity index is 1.75. The molecule has 2 N–H and O–H groups in total. The normalized spacial score (nSPS) is 16.3. The van der Waals surface area contributed by atoms with Gasteiger partial charge in [0.25, 0.3) is 5.91 Å². The maximum atomic E-state index is 13.0. The molecule has 0 spiro atoms. The number of hydrogen-bond acceptors (Lipinski definition) is 3. The first-order valence-corrected chi connectivity index (χ1v) is 8.94. The van der Waals surface area contributed by atoms with Crippen molar-refractivity contribution in [2.24, 2.45) is 0 Å². The monoisotopic (exact) mass is 400 g/mol. The lowest BCUT2D eigenvalue weighted by atomic mass is 9.95. The van der Waals surface area contributed by atoms with Crippen LogP contribution < -0.4 is 15.4 Å². The Morgan fingerprint density at radius 2 is 2.04 bits per heavy atom. The Labute approximate surface area is 149 Å². The first kappa shape index (κ1) is 18.7. The average Bonchev–Trinajstić information content (AvgIpc) is 2.56. The lowest BCUT2D eigenvalue weighted by molar-refractivity contribution is -0.130. The van der Waals surface area contributed by atoms with E-state index in [0.29, 0.717) is 10.2 Å². The number of amides is 2. The van der Waals surface area contributed by atoms with Crippen molar-refractivity contribution in [3.63, 3.8) is 0 Å². The lowest BCUT2D eigenvalue weighted by Crippen LogP contribution is -2.45. The van der Waals surface area contributed by atoms with Crippen LogP contribution in [0.1, 0.15) is 39.0 Å². The van der Waals surface area contributed by atoms with Crippen LogP contribution in [-0.4, -0.2) is 30.5 Å². The summed E-state index contributed by atoms with van der Waals surface area (Å²) in [4.78, 5) is 23.9. The van der Waals surface area contributed by atoms with Gasteiger partial charge in [-0.05, 0) is 53.9 Å². The van der Waals surface area contributed by atoms with Crippen molar-refractivity contribution < 1.29 is 18.7 Å². The molecule has 0 aliphatic heterocycles. The van der Waals surface area contributed by atoms with Crippen LogP contribution in [0, 0.1) is 5.82 Å². The predicted octanol–water partition coefficient (Wildman–Crippen LogP) is 2.92. The Morgan fingerprint density at radius 1 is 1.33 bits per heavy atom. The van der Waals surface area contributed by atoms with Crippen molar-refractivity contribution in [2.75, 3.05) is 6.54 Å². The molecule has 1 aromatic rings. The van der Waals surface area contributed by atoms with E-state index < -0.39 is 17.8 Å². The fraction of sp³-hybridized carbons (Fsp3) is 0.529. The smallest absolute Gasteiger partial charge is 0.261 e. The molecule has 1 unspecified atom stereocenters. The topological polar surface area (TPSA) is 67.4 Å². The van der Waals surface area contributed by atoms with E-state index in [1.54, 1.807) is 6.92 Å². The molecule has 7 heteroatoms. The molecule has 1 aliphatic rings. The molecule has 1 saturated carbocycles. The van der Waals surface area contributed by atoms with Crippen LogP contribution >= 0.6 is 15.9 Å². The first-order valence-electron chi connectivity index (χ1n) is 8.14. The van der Waals surface area contributed by atoms with E-state index in [2.05, 4.69) is 26.6 Å². The summed E-state index contributed by atoms with van der Waals surface area (Å²) in [5.74, 6) is -0.619. The molecule has 1 atom stereocenters. The van der Waals surface area contributed by atoms with Crippen LogP contribution in [0.2, 0.25) is 0 Å². The minimum atomic E-state index is -0.797. The van der Waals surface area contributed by atoms with Crippen molar-refractivity contribution in [3.05, 3.63) is 28.5 Å². The third kappa shape index (κ3) is 5.78. The zero-order valence-electron chi connectivity index (χ0n) is 13.6. The summed E-state index contributed by atoms with van der Waals surface area (Å²) in [6, 6.07) is 4.17. The molecule has 24 heavy (non-hydrogen) atoms. The molecular formula is C17H22BrFN2O3. The molecule has 132 valence electrons. The van der Waals surface area contributed by atoms with Crippen LogP contribution in [0.15, 0.2) is 22.7 Å². The van der Waals surface area contributed by atoms with E-state index >= 15 is 0 Å². The summed E-state index contributed by atoms with van der Waals surface area (Å²) in [7, 11) is 0. The van der Waals surface area contributed by atoms with E-state index in [9.17, 15) is 14.0 Å². The average molecular weight is 401 g/mol. The minimum Gasteiger partial charge on any atom is -0.480 e. The van der Waals surface area contributed by atoms with Gasteiger partial charge in [0.2, 0.25) is 5.91 Å². The number of rotatable bonds is 6. The van der Waals surface area contributed by atoms with Gasteiger partial charge >= 0.3 is 0 Å². The summed E-state index contributed by atoms with van der Waals surface area (Å²) in [5.41, 5.74) is 0. The molecule has 0 saturated heterocycles. The second-order valence-electron chi connectivity index (χ2n) is 5.96. The second kappa shape index (κ2) is 9.01. The maximum Gasteiger partial charge on any atom is 0.261 e. The Kier molecular flexibility index (Phi) is 7.02. The molecule has 0 bridgehead atoms. The van der Waals surface area contributed by atoms with Gasteiger partial charge in [-0.15, -0.1) is 0 Å². The molecule has 2 amide bonds. The van der Waals surface area contributed by atoms with E-state index in [4.69, 9.17) is 4.74 Å². The first-order chi connectivity index (χ1) is 11.5. The molecule has 1 aliphatic carbocycles. The Bertz CT molecular complexity index is 591. The van der Waals surface area contributed by atoms with Gasteiger partial charge in [0.05, 0.1) is 11.0 Å². The van der Waals surface area contributed by atoms with Gasteiger partial charge in [-0.3, -0.25) is 9.59 Å². The number of carbonyl (C=O) groups is 2. The summed E-state index contributed by atoms with van der Waals surface area (Å²) >= 11 is 3.18. The summed E-state index contributed by atoms with van der Waals surface area (Å²) in [5, 5.41) is 5.49. The highest BCUT2D eigenvalue weighted by Gasteiger charge is 2.19. The van der Waals surface area contributed by atoms with Gasteiger partial charge in [-0.25, -0.2) is 4.39 Å². The summed E-state index contributed by atoms with van der Waals surface area (Å²) < 4.78 is 19.0. The van der Waals surface area contributed by atoms with E-state index in [1.807, 2.05) is 0 Å². The van der Waals surface area contributed by atoms with Gasteiger partial charge in [-0.2, -0.15) is 0 Å². The van der Waals surface area contributed by atoms with Crippen molar-refractivity contribution in [2.45, 2.75) is 51.2 Å². The molecule has 0 aromatic heterocycles. The highest BCUT2D eigenvalue weighted by molar-refractivity contribution is 9.10. The second-order valence-corrected chi connectivity index (χ2v) is 6.81. The highest BCUT2D eigenvalue weighted by atomic mass is 79.9. The minimum absolute atomic E-state index is 0.0758. The lowest BCUT2D eigenvalue weighted by Gasteiger charge is -2.23. The van der Waals surface area contributed by atoms with Gasteiger partial charge in [0, 0.05) is 6.04 Å². The predicted molar refractivity (Wildman–Crippen MR) is 92.2 cm³/mol. The van der Waals surface area contributed by atoms with Crippen LogP contribution in [0.5, 0.6) is 5.75 Å². The third-order valence-corrected chi connectivity index (χ3v) is 4.58. The molecule has 2 rings (SSSR count). The van der Waals surface area contributed by atoms with E-state index in [1.165, 1.54) is 24.6 Å². The number of hydrogen-bond donors (Lipinski definition) is 2. The zero-order valence-corrected chi connectivity index (χ0v) is 15.2. The fourth-order valence-corrected chi connectivity index (χ4v) is 3.10. The van der Waals surface area contributed by atoms with Gasteiger partial charge < -0.3 is 15.4 Å². The largest absolute Gasteiger partial charge is 0.480 e.